The molecule has 2 aromatic rings. The average molecular weight is 503 g/mol. The van der Waals surface area contributed by atoms with Crippen LogP contribution in [0, 0.1) is 16.0 Å². The summed E-state index contributed by atoms with van der Waals surface area (Å²) in [5.74, 6) is -2.15. The molecule has 0 fully saturated rings. The molecular formula is C20H20Cl2N2O7S. The molecule has 0 heterocycles. The number of para-hydroxylation sites is 1. The van der Waals surface area contributed by atoms with Crippen LogP contribution in [0.4, 0.5) is 5.69 Å². The first kappa shape index (κ1) is 25.7. The van der Waals surface area contributed by atoms with Gasteiger partial charge in [0.25, 0.3) is 5.69 Å². The van der Waals surface area contributed by atoms with Crippen LogP contribution in [0.25, 0.3) is 0 Å². The molecule has 0 saturated carbocycles. The number of benzene rings is 2. The third-order valence-electron chi connectivity index (χ3n) is 4.61. The Kier molecular flexibility index (Phi) is 8.73. The highest BCUT2D eigenvalue weighted by Crippen LogP contribution is 2.26. The number of carbonyl (C=O) groups is 2. The molecule has 0 aliphatic carbocycles. The van der Waals surface area contributed by atoms with Gasteiger partial charge in [-0.25, -0.2) is 13.1 Å². The van der Waals surface area contributed by atoms with E-state index in [9.17, 15) is 28.1 Å². The zero-order valence-electron chi connectivity index (χ0n) is 17.1. The van der Waals surface area contributed by atoms with E-state index in [0.717, 1.165) is 12.1 Å². The van der Waals surface area contributed by atoms with E-state index in [1.165, 1.54) is 26.2 Å². The van der Waals surface area contributed by atoms with E-state index >= 15 is 0 Å². The Morgan fingerprint density at radius 2 is 1.81 bits per heavy atom. The number of nitrogens with zero attached hydrogens (tertiary/aromatic N) is 1. The van der Waals surface area contributed by atoms with Gasteiger partial charge in [-0.2, -0.15) is 0 Å². The molecule has 0 bridgehead atoms. The minimum Gasteiger partial charge on any atom is -0.469 e. The summed E-state index contributed by atoms with van der Waals surface area (Å²) in [7, 11) is -3.20. The predicted octanol–water partition coefficient (Wildman–Crippen LogP) is 3.56. The molecule has 0 spiro atoms. The standard InChI is InChI=1S/C20H20Cl2N2O7S/c1-12(23-32(29,30)19-6-4-3-5-17(19)24(27)28)18(25)11-14(20(26)31-2)9-13-7-8-15(21)16(22)10-13/h3-8,10,12,14,23H,9,11H2,1-2H3/t12-,14+/m0/s1. The summed E-state index contributed by atoms with van der Waals surface area (Å²) in [5, 5.41) is 11.8. The lowest BCUT2D eigenvalue weighted by Gasteiger charge is -2.18. The number of hydrogen-bond donors (Lipinski definition) is 1. The quantitative estimate of drug-likeness (QED) is 0.298. The number of nitro groups is 1. The molecule has 0 amide bonds. The number of nitro benzene ring substituents is 1. The van der Waals surface area contributed by atoms with Crippen molar-refractivity contribution < 1.29 is 27.7 Å². The highest BCUT2D eigenvalue weighted by Gasteiger charge is 2.31. The van der Waals surface area contributed by atoms with Gasteiger partial charge in [-0.3, -0.25) is 19.7 Å². The smallest absolute Gasteiger partial charge is 0.309 e. The van der Waals surface area contributed by atoms with E-state index in [4.69, 9.17) is 27.9 Å². The van der Waals surface area contributed by atoms with Crippen LogP contribution in [0.3, 0.4) is 0 Å². The van der Waals surface area contributed by atoms with Crippen LogP contribution in [0.1, 0.15) is 18.9 Å². The van der Waals surface area contributed by atoms with Gasteiger partial charge >= 0.3 is 5.97 Å². The molecule has 0 aliphatic heterocycles. The number of hydrogen-bond acceptors (Lipinski definition) is 7. The fourth-order valence-electron chi connectivity index (χ4n) is 2.97. The first-order valence-corrected chi connectivity index (χ1v) is 11.5. The Bertz CT molecular complexity index is 1140. The number of ether oxygens (including phenoxy) is 1. The fraction of sp³-hybridized carbons (Fsp3) is 0.300. The van der Waals surface area contributed by atoms with Crippen LogP contribution < -0.4 is 4.72 Å². The van der Waals surface area contributed by atoms with Crippen LogP contribution in [-0.4, -0.2) is 38.2 Å². The van der Waals surface area contributed by atoms with Gasteiger partial charge in [-0.05, 0) is 37.1 Å². The van der Waals surface area contributed by atoms with Crippen molar-refractivity contribution in [3.05, 3.63) is 68.2 Å². The highest BCUT2D eigenvalue weighted by atomic mass is 35.5. The van der Waals surface area contributed by atoms with Crippen LogP contribution in [0.5, 0.6) is 0 Å². The van der Waals surface area contributed by atoms with Crippen LogP contribution in [-0.2, 0) is 30.8 Å². The summed E-state index contributed by atoms with van der Waals surface area (Å²) in [4.78, 5) is 34.6. The molecule has 2 rings (SSSR count). The maximum absolute atomic E-state index is 12.7. The van der Waals surface area contributed by atoms with Gasteiger partial charge in [0.15, 0.2) is 10.7 Å². The number of nitrogens with one attached hydrogen (secondary N) is 1. The molecule has 0 unspecified atom stereocenters. The molecule has 9 nitrogen and oxygen atoms in total. The van der Waals surface area contributed by atoms with Crippen molar-refractivity contribution in [2.45, 2.75) is 30.7 Å². The number of esters is 1. The van der Waals surface area contributed by atoms with Gasteiger partial charge in [0.2, 0.25) is 10.0 Å². The molecule has 0 saturated heterocycles. The summed E-state index contributed by atoms with van der Waals surface area (Å²) in [6.45, 7) is 1.29. The Morgan fingerprint density at radius 1 is 1.16 bits per heavy atom. The number of rotatable bonds is 10. The second-order valence-electron chi connectivity index (χ2n) is 6.91. The number of Topliss-reactive ketones (excluding diaryl/α,β-unsaturated/α-hetero) is 1. The van der Waals surface area contributed by atoms with Crippen molar-refractivity contribution in [1.29, 1.82) is 0 Å². The van der Waals surface area contributed by atoms with Gasteiger partial charge in [-0.1, -0.05) is 41.4 Å². The summed E-state index contributed by atoms with van der Waals surface area (Å²) in [6, 6.07) is 8.29. The molecule has 2 aromatic carbocycles. The number of carbonyl (C=O) groups excluding carboxylic acids is 2. The van der Waals surface area contributed by atoms with E-state index in [0.29, 0.717) is 10.6 Å². The van der Waals surface area contributed by atoms with E-state index < -0.39 is 49.2 Å². The third kappa shape index (κ3) is 6.49. The lowest BCUT2D eigenvalue weighted by molar-refractivity contribution is -0.387. The van der Waals surface area contributed by atoms with Crippen molar-refractivity contribution in [3.8, 4) is 0 Å². The lowest BCUT2D eigenvalue weighted by atomic mass is 9.92. The zero-order chi connectivity index (χ0) is 24.1. The largest absolute Gasteiger partial charge is 0.469 e. The molecule has 0 radical (unpaired) electrons. The predicted molar refractivity (Wildman–Crippen MR) is 118 cm³/mol. The Morgan fingerprint density at radius 3 is 2.41 bits per heavy atom. The number of sulfonamides is 1. The van der Waals surface area contributed by atoms with Gasteiger partial charge in [0, 0.05) is 12.5 Å². The van der Waals surface area contributed by atoms with Gasteiger partial charge in [0.1, 0.15) is 0 Å². The van der Waals surface area contributed by atoms with E-state index in [-0.39, 0.29) is 17.9 Å². The lowest BCUT2D eigenvalue weighted by Crippen LogP contribution is -2.40. The normalized spacial score (nSPS) is 13.2. The van der Waals surface area contributed by atoms with Crippen LogP contribution in [0.15, 0.2) is 47.4 Å². The molecule has 2 atom stereocenters. The summed E-state index contributed by atoms with van der Waals surface area (Å²) >= 11 is 11.9. The SMILES string of the molecule is COC(=O)[C@@H](CC(=O)[C@H](C)NS(=O)(=O)c1ccccc1[N+](=O)[O-])Cc1ccc(Cl)c(Cl)c1. The maximum atomic E-state index is 12.7. The van der Waals surface area contributed by atoms with Gasteiger partial charge < -0.3 is 4.74 Å². The maximum Gasteiger partial charge on any atom is 0.309 e. The fourth-order valence-corrected chi connectivity index (χ4v) is 4.69. The molecule has 0 aliphatic rings. The Labute approximate surface area is 194 Å². The van der Waals surface area contributed by atoms with Crippen molar-refractivity contribution >= 4 is 50.7 Å². The number of halogens is 2. The Balaban J connectivity index is 2.18. The minimum atomic E-state index is -4.37. The minimum absolute atomic E-state index is 0.110. The van der Waals surface area contributed by atoms with E-state index in [1.807, 2.05) is 0 Å². The van der Waals surface area contributed by atoms with Crippen molar-refractivity contribution in [1.82, 2.24) is 4.72 Å². The summed E-state index contributed by atoms with van der Waals surface area (Å²) < 4.78 is 32.1. The van der Waals surface area contributed by atoms with Crippen molar-refractivity contribution in [3.63, 3.8) is 0 Å². The average Bonchev–Trinajstić information content (AvgIpc) is 2.74. The van der Waals surface area contributed by atoms with Gasteiger partial charge in [-0.15, -0.1) is 0 Å². The van der Waals surface area contributed by atoms with E-state index in [2.05, 4.69) is 4.72 Å². The molecule has 1 N–H and O–H groups in total. The topological polar surface area (TPSA) is 133 Å². The molecular weight excluding hydrogens is 483 g/mol. The van der Waals surface area contributed by atoms with Crippen LogP contribution in [0.2, 0.25) is 10.0 Å². The molecule has 32 heavy (non-hydrogen) atoms. The monoisotopic (exact) mass is 502 g/mol. The zero-order valence-corrected chi connectivity index (χ0v) is 19.4. The Hall–Kier alpha value is -2.53. The summed E-state index contributed by atoms with van der Waals surface area (Å²) in [5.41, 5.74) is 0.0162. The highest BCUT2D eigenvalue weighted by molar-refractivity contribution is 7.89. The second kappa shape index (κ2) is 10.9. The second-order valence-corrected chi connectivity index (χ2v) is 9.41. The molecule has 0 aromatic heterocycles. The van der Waals surface area contributed by atoms with Crippen molar-refractivity contribution in [2.75, 3.05) is 7.11 Å². The first-order chi connectivity index (χ1) is 15.0. The van der Waals surface area contributed by atoms with E-state index in [1.54, 1.807) is 18.2 Å². The number of methoxy groups -OCH3 is 1. The first-order valence-electron chi connectivity index (χ1n) is 9.26. The van der Waals surface area contributed by atoms with Gasteiger partial charge in [0.05, 0.1) is 34.0 Å². The summed E-state index contributed by atoms with van der Waals surface area (Å²) in [6.07, 6.45) is -0.216. The number of ketones is 1. The van der Waals surface area contributed by atoms with Crippen molar-refractivity contribution in [2.24, 2.45) is 5.92 Å². The molecule has 12 heteroatoms. The van der Waals surface area contributed by atoms with Crippen LogP contribution >= 0.6 is 23.2 Å². The molecule has 172 valence electrons. The third-order valence-corrected chi connectivity index (χ3v) is 6.94.